The zero-order valence-electron chi connectivity index (χ0n) is 10.9. The van der Waals surface area contributed by atoms with Gasteiger partial charge in [0.15, 0.2) is 0 Å². The van der Waals surface area contributed by atoms with Crippen LogP contribution in [0.15, 0.2) is 18.3 Å². The largest absolute Gasteiger partial charge is 0.394 e. The van der Waals surface area contributed by atoms with Crippen molar-refractivity contribution in [2.45, 2.75) is 26.3 Å². The molecule has 0 aliphatic heterocycles. The molecule has 2 rings (SSSR count). The van der Waals surface area contributed by atoms with Crippen molar-refractivity contribution in [3.05, 3.63) is 34.7 Å². The third kappa shape index (κ3) is 2.72. The number of halogens is 1. The highest BCUT2D eigenvalue weighted by Crippen LogP contribution is 2.16. The minimum atomic E-state index is -0.256. The molecule has 0 aliphatic rings. The molecule has 1 atom stereocenters. The Kier molecular flexibility index (Phi) is 4.07. The smallest absolute Gasteiger partial charge is 0.270 e. The maximum atomic E-state index is 12.3. The fourth-order valence-electron chi connectivity index (χ4n) is 1.94. The number of hydrogen-bond donors (Lipinski definition) is 2. The summed E-state index contributed by atoms with van der Waals surface area (Å²) in [4.78, 5) is 16.6. The molecule has 1 unspecified atom stereocenters. The molecule has 19 heavy (non-hydrogen) atoms. The van der Waals surface area contributed by atoms with Crippen molar-refractivity contribution in [2.24, 2.45) is 0 Å². The molecule has 0 fully saturated rings. The molecule has 0 radical (unpaired) electrons. The number of amides is 1. The van der Waals surface area contributed by atoms with Gasteiger partial charge in [-0.3, -0.25) is 9.20 Å². The lowest BCUT2D eigenvalue weighted by Crippen LogP contribution is -2.37. The van der Waals surface area contributed by atoms with E-state index in [4.69, 9.17) is 16.7 Å². The van der Waals surface area contributed by atoms with E-state index < -0.39 is 0 Å². The van der Waals surface area contributed by atoms with Gasteiger partial charge in [0.05, 0.1) is 23.4 Å². The second-order valence-electron chi connectivity index (χ2n) is 4.38. The van der Waals surface area contributed by atoms with Gasteiger partial charge in [0, 0.05) is 6.20 Å². The van der Waals surface area contributed by atoms with Gasteiger partial charge in [0.2, 0.25) is 0 Å². The van der Waals surface area contributed by atoms with Crippen LogP contribution in [0.3, 0.4) is 0 Å². The van der Waals surface area contributed by atoms with Gasteiger partial charge >= 0.3 is 0 Å². The summed E-state index contributed by atoms with van der Waals surface area (Å²) < 4.78 is 1.66. The summed E-state index contributed by atoms with van der Waals surface area (Å²) in [7, 11) is 0. The highest BCUT2D eigenvalue weighted by molar-refractivity contribution is 6.30. The summed E-state index contributed by atoms with van der Waals surface area (Å²) >= 11 is 5.94. The third-order valence-electron chi connectivity index (χ3n) is 3.02. The Labute approximate surface area is 116 Å². The lowest BCUT2D eigenvalue weighted by Gasteiger charge is -2.14. The zero-order valence-corrected chi connectivity index (χ0v) is 11.6. The molecule has 0 aromatic carbocycles. The van der Waals surface area contributed by atoms with Crippen molar-refractivity contribution in [3.8, 4) is 0 Å². The van der Waals surface area contributed by atoms with Crippen molar-refractivity contribution in [3.63, 3.8) is 0 Å². The molecule has 0 bridgehead atoms. The summed E-state index contributed by atoms with van der Waals surface area (Å²) in [5.74, 6) is -0.256. The number of carbonyl (C=O) groups excluding carboxylic acids is 1. The summed E-state index contributed by atoms with van der Waals surface area (Å²) in [5, 5.41) is 12.5. The van der Waals surface area contributed by atoms with E-state index in [0.717, 1.165) is 0 Å². The zero-order chi connectivity index (χ0) is 14.0. The number of imidazole rings is 1. The Morgan fingerprint density at radius 1 is 1.58 bits per heavy atom. The number of aryl methyl sites for hydroxylation is 1. The van der Waals surface area contributed by atoms with Gasteiger partial charge in [-0.25, -0.2) is 4.98 Å². The topological polar surface area (TPSA) is 66.6 Å². The SMILES string of the molecule is CCC(CO)NC(=O)c1c(C)nc2ccc(Cl)cn12. The number of rotatable bonds is 4. The van der Waals surface area contributed by atoms with Gasteiger partial charge in [-0.05, 0) is 25.5 Å². The van der Waals surface area contributed by atoms with E-state index >= 15 is 0 Å². The minimum Gasteiger partial charge on any atom is -0.394 e. The number of pyridine rings is 1. The highest BCUT2D eigenvalue weighted by atomic mass is 35.5. The lowest BCUT2D eigenvalue weighted by atomic mass is 10.2. The van der Waals surface area contributed by atoms with Crippen molar-refractivity contribution in [1.29, 1.82) is 0 Å². The first-order valence-electron chi connectivity index (χ1n) is 6.12. The van der Waals surface area contributed by atoms with Crippen LogP contribution in [0, 0.1) is 6.92 Å². The van der Waals surface area contributed by atoms with Gasteiger partial charge < -0.3 is 10.4 Å². The Hall–Kier alpha value is -1.59. The van der Waals surface area contributed by atoms with Crippen LogP contribution in [0.5, 0.6) is 0 Å². The van der Waals surface area contributed by atoms with Crippen LogP contribution in [-0.2, 0) is 0 Å². The fraction of sp³-hybridized carbons (Fsp3) is 0.385. The van der Waals surface area contributed by atoms with E-state index in [1.165, 1.54) is 0 Å². The predicted molar refractivity (Wildman–Crippen MR) is 73.6 cm³/mol. The van der Waals surface area contributed by atoms with Crippen molar-refractivity contribution < 1.29 is 9.90 Å². The molecule has 2 aromatic rings. The predicted octanol–water partition coefficient (Wildman–Crippen LogP) is 1.80. The molecule has 102 valence electrons. The second-order valence-corrected chi connectivity index (χ2v) is 4.82. The molecule has 2 heterocycles. The molecule has 5 nitrogen and oxygen atoms in total. The Morgan fingerprint density at radius 3 is 2.95 bits per heavy atom. The molecule has 0 spiro atoms. The molecular weight excluding hydrogens is 266 g/mol. The molecule has 0 aliphatic carbocycles. The van der Waals surface area contributed by atoms with E-state index in [2.05, 4.69) is 10.3 Å². The number of nitrogens with zero attached hydrogens (tertiary/aromatic N) is 2. The van der Waals surface area contributed by atoms with Crippen LogP contribution in [0.1, 0.15) is 29.5 Å². The maximum Gasteiger partial charge on any atom is 0.270 e. The summed E-state index contributed by atoms with van der Waals surface area (Å²) in [5.41, 5.74) is 1.75. The summed E-state index contributed by atoms with van der Waals surface area (Å²) in [6.45, 7) is 3.59. The number of nitrogens with one attached hydrogen (secondary N) is 1. The van der Waals surface area contributed by atoms with E-state index in [-0.39, 0.29) is 18.6 Å². The van der Waals surface area contributed by atoms with Crippen molar-refractivity contribution >= 4 is 23.2 Å². The standard InChI is InChI=1S/C13H16ClN3O2/c1-3-10(7-18)16-13(19)12-8(2)15-11-5-4-9(14)6-17(11)12/h4-6,10,18H,3,7H2,1-2H3,(H,16,19). The van der Waals surface area contributed by atoms with Crippen molar-refractivity contribution in [2.75, 3.05) is 6.61 Å². The molecule has 2 aromatic heterocycles. The van der Waals surface area contributed by atoms with E-state index in [9.17, 15) is 4.79 Å². The first kappa shape index (κ1) is 13.8. The quantitative estimate of drug-likeness (QED) is 0.898. The van der Waals surface area contributed by atoms with Gasteiger partial charge in [-0.2, -0.15) is 0 Å². The highest BCUT2D eigenvalue weighted by Gasteiger charge is 2.19. The monoisotopic (exact) mass is 281 g/mol. The first-order valence-corrected chi connectivity index (χ1v) is 6.50. The number of fused-ring (bicyclic) bond motifs is 1. The van der Waals surface area contributed by atoms with Gasteiger partial charge in [-0.15, -0.1) is 0 Å². The number of aromatic nitrogens is 2. The average Bonchev–Trinajstić information content (AvgIpc) is 2.71. The van der Waals surface area contributed by atoms with E-state index in [1.54, 1.807) is 29.7 Å². The number of aliphatic hydroxyl groups excluding tert-OH is 1. The van der Waals surface area contributed by atoms with Crippen molar-refractivity contribution in [1.82, 2.24) is 14.7 Å². The number of hydrogen-bond acceptors (Lipinski definition) is 3. The normalized spacial score (nSPS) is 12.6. The maximum absolute atomic E-state index is 12.3. The molecule has 6 heteroatoms. The third-order valence-corrected chi connectivity index (χ3v) is 3.24. The fourth-order valence-corrected chi connectivity index (χ4v) is 2.10. The van der Waals surface area contributed by atoms with Crippen LogP contribution in [0.4, 0.5) is 0 Å². The lowest BCUT2D eigenvalue weighted by molar-refractivity contribution is 0.0908. The Morgan fingerprint density at radius 2 is 2.32 bits per heavy atom. The molecule has 2 N–H and O–H groups in total. The average molecular weight is 282 g/mol. The first-order chi connectivity index (χ1) is 9.06. The molecule has 1 amide bonds. The number of aliphatic hydroxyl groups is 1. The van der Waals surface area contributed by atoms with Gasteiger partial charge in [0.1, 0.15) is 11.3 Å². The molecule has 0 saturated carbocycles. The van der Waals surface area contributed by atoms with E-state index in [0.29, 0.717) is 28.5 Å². The molecule has 0 saturated heterocycles. The van der Waals surface area contributed by atoms with Crippen LogP contribution >= 0.6 is 11.6 Å². The summed E-state index contributed by atoms with van der Waals surface area (Å²) in [6.07, 6.45) is 2.32. The second kappa shape index (κ2) is 5.59. The van der Waals surface area contributed by atoms with Crippen LogP contribution in [-0.4, -0.2) is 33.0 Å². The molecular formula is C13H16ClN3O2. The Balaban J connectivity index is 2.41. The summed E-state index contributed by atoms with van der Waals surface area (Å²) in [6, 6.07) is 3.24. The van der Waals surface area contributed by atoms with E-state index in [1.807, 2.05) is 6.92 Å². The minimum absolute atomic E-state index is 0.0845. The number of carbonyl (C=O) groups is 1. The van der Waals surface area contributed by atoms with Crippen LogP contribution in [0.2, 0.25) is 5.02 Å². The van der Waals surface area contributed by atoms with Gasteiger partial charge in [-0.1, -0.05) is 18.5 Å². The van der Waals surface area contributed by atoms with Crippen LogP contribution in [0.25, 0.3) is 5.65 Å². The van der Waals surface area contributed by atoms with Crippen LogP contribution < -0.4 is 5.32 Å². The Bertz CT molecular complexity index is 605. The van der Waals surface area contributed by atoms with Gasteiger partial charge in [0.25, 0.3) is 5.91 Å².